The second kappa shape index (κ2) is 11.0. The Balaban J connectivity index is 1.59. The maximum atomic E-state index is 13.7. The summed E-state index contributed by atoms with van der Waals surface area (Å²) in [6.45, 7) is 5.22. The van der Waals surface area contributed by atoms with Crippen LogP contribution in [0.25, 0.3) is 10.9 Å². The van der Waals surface area contributed by atoms with E-state index in [1.807, 2.05) is 30.8 Å². The lowest BCUT2D eigenvalue weighted by molar-refractivity contribution is 0.153. The van der Waals surface area contributed by atoms with Gasteiger partial charge >= 0.3 is 0 Å². The van der Waals surface area contributed by atoms with Crippen molar-refractivity contribution in [3.05, 3.63) is 81.5 Å². The third kappa shape index (κ3) is 5.29. The molecule has 194 valence electrons. The first kappa shape index (κ1) is 25.9. The predicted molar refractivity (Wildman–Crippen MR) is 146 cm³/mol. The van der Waals surface area contributed by atoms with E-state index in [1.54, 1.807) is 12.1 Å². The van der Waals surface area contributed by atoms with Crippen molar-refractivity contribution >= 4 is 51.2 Å². The summed E-state index contributed by atoms with van der Waals surface area (Å²) in [4.78, 5) is 4.41. The van der Waals surface area contributed by atoms with Gasteiger partial charge in [0.15, 0.2) is 0 Å². The Labute approximate surface area is 229 Å². The van der Waals surface area contributed by atoms with Gasteiger partial charge in [-0.05, 0) is 56.2 Å². The fourth-order valence-electron chi connectivity index (χ4n) is 4.28. The number of hydrogen-bond acceptors (Lipinski definition) is 7. The van der Waals surface area contributed by atoms with Crippen LogP contribution in [0.3, 0.4) is 0 Å². The van der Waals surface area contributed by atoms with Crippen molar-refractivity contribution in [1.29, 1.82) is 5.26 Å². The molecule has 0 saturated heterocycles. The summed E-state index contributed by atoms with van der Waals surface area (Å²) in [6.07, 6.45) is 6.18. The normalized spacial score (nSPS) is 14.3. The molecule has 1 aliphatic heterocycles. The van der Waals surface area contributed by atoms with Crippen LogP contribution >= 0.6 is 23.2 Å². The number of hydrogen-bond donors (Lipinski definition) is 2. The largest absolute Gasteiger partial charge is 0.377 e. The van der Waals surface area contributed by atoms with Gasteiger partial charge in [0, 0.05) is 29.0 Å². The quantitative estimate of drug-likeness (QED) is 0.239. The first-order valence-corrected chi connectivity index (χ1v) is 12.8. The molecule has 2 aromatic carbocycles. The maximum absolute atomic E-state index is 13.7. The third-order valence-electron chi connectivity index (χ3n) is 6.27. The number of benzene rings is 2. The molecule has 11 heteroatoms. The topological polar surface area (TPSA) is 101 Å². The van der Waals surface area contributed by atoms with Crippen LogP contribution in [0, 0.1) is 17.1 Å². The number of aromatic nitrogens is 4. The second-order valence-corrected chi connectivity index (χ2v) is 9.98. The van der Waals surface area contributed by atoms with Gasteiger partial charge in [-0.1, -0.05) is 34.5 Å². The average molecular weight is 552 g/mol. The molecule has 1 atom stereocenters. The van der Waals surface area contributed by atoms with Gasteiger partial charge in [-0.2, -0.15) is 5.26 Å². The Kier molecular flexibility index (Phi) is 7.47. The van der Waals surface area contributed by atoms with E-state index in [0.717, 1.165) is 17.7 Å². The lowest BCUT2D eigenvalue weighted by atomic mass is 9.99. The van der Waals surface area contributed by atoms with Crippen LogP contribution in [0.1, 0.15) is 43.6 Å². The first-order valence-electron chi connectivity index (χ1n) is 12.0. The van der Waals surface area contributed by atoms with Crippen LogP contribution in [0.5, 0.6) is 0 Å². The molecule has 4 aromatic rings. The lowest BCUT2D eigenvalue weighted by Crippen LogP contribution is -2.18. The zero-order valence-corrected chi connectivity index (χ0v) is 22.2. The van der Waals surface area contributed by atoms with E-state index < -0.39 is 5.82 Å². The van der Waals surface area contributed by atoms with Crippen molar-refractivity contribution in [3.63, 3.8) is 0 Å². The molecule has 5 rings (SSSR count). The van der Waals surface area contributed by atoms with E-state index in [1.165, 1.54) is 18.3 Å². The van der Waals surface area contributed by atoms with Crippen LogP contribution in [-0.4, -0.2) is 33.2 Å². The van der Waals surface area contributed by atoms with Gasteiger partial charge in [0.1, 0.15) is 17.6 Å². The summed E-state index contributed by atoms with van der Waals surface area (Å²) >= 11 is 12.7. The molecule has 0 unspecified atom stereocenters. The second-order valence-electron chi connectivity index (χ2n) is 9.17. The number of pyridine rings is 1. The van der Waals surface area contributed by atoms with Crippen molar-refractivity contribution in [2.75, 3.05) is 23.8 Å². The zero-order valence-electron chi connectivity index (χ0n) is 20.7. The molecule has 8 nitrogen and oxygen atoms in total. The lowest BCUT2D eigenvalue weighted by Gasteiger charge is -2.24. The Bertz CT molecular complexity index is 1580. The number of nitriles is 1. The predicted octanol–water partition coefficient (Wildman–Crippen LogP) is 6.97. The zero-order chi connectivity index (χ0) is 26.8. The fourth-order valence-corrected chi connectivity index (χ4v) is 4.73. The van der Waals surface area contributed by atoms with Crippen molar-refractivity contribution in [2.24, 2.45) is 0 Å². The molecule has 0 amide bonds. The van der Waals surface area contributed by atoms with E-state index in [9.17, 15) is 9.65 Å². The highest BCUT2D eigenvalue weighted by atomic mass is 35.5. The molecule has 0 radical (unpaired) electrons. The summed E-state index contributed by atoms with van der Waals surface area (Å²) in [5, 5.41) is 26.3. The summed E-state index contributed by atoms with van der Waals surface area (Å²) in [7, 11) is 0. The van der Waals surface area contributed by atoms with Gasteiger partial charge in [0.2, 0.25) is 0 Å². The molecule has 0 aliphatic carbocycles. The molecule has 0 spiro atoms. The highest BCUT2D eigenvalue weighted by molar-refractivity contribution is 6.36. The summed E-state index contributed by atoms with van der Waals surface area (Å²) in [6, 6.07) is 10.0. The Morgan fingerprint density at radius 3 is 2.66 bits per heavy atom. The minimum atomic E-state index is -0.533. The summed E-state index contributed by atoms with van der Waals surface area (Å²) < 4.78 is 21.1. The smallest absolute Gasteiger partial charge is 0.141 e. The summed E-state index contributed by atoms with van der Waals surface area (Å²) in [5.41, 5.74) is 4.42. The maximum Gasteiger partial charge on any atom is 0.141 e. The number of ether oxygens (including phenoxy) is 1. The number of rotatable bonds is 7. The molecule has 2 N–H and O–H groups in total. The van der Waals surface area contributed by atoms with E-state index in [2.05, 4.69) is 38.1 Å². The average Bonchev–Trinajstić information content (AvgIpc) is 3.41. The molecule has 0 saturated carbocycles. The van der Waals surface area contributed by atoms with Gasteiger partial charge in [-0.15, -0.1) is 5.10 Å². The van der Waals surface area contributed by atoms with Crippen molar-refractivity contribution in [3.8, 4) is 6.07 Å². The van der Waals surface area contributed by atoms with Crippen LogP contribution in [0.4, 0.5) is 21.5 Å². The van der Waals surface area contributed by atoms with Crippen molar-refractivity contribution in [1.82, 2.24) is 20.0 Å². The third-order valence-corrected chi connectivity index (χ3v) is 6.85. The Morgan fingerprint density at radius 2 is 1.97 bits per heavy atom. The van der Waals surface area contributed by atoms with Gasteiger partial charge in [0.05, 0.1) is 52.3 Å². The molecule has 38 heavy (non-hydrogen) atoms. The highest BCUT2D eigenvalue weighted by Gasteiger charge is 2.23. The molecule has 0 fully saturated rings. The van der Waals surface area contributed by atoms with E-state index in [4.69, 9.17) is 27.9 Å². The monoisotopic (exact) mass is 551 g/mol. The minimum absolute atomic E-state index is 0.0331. The number of nitrogens with one attached hydrogen (secondary N) is 2. The first-order chi connectivity index (χ1) is 18.3. The van der Waals surface area contributed by atoms with Gasteiger partial charge < -0.3 is 15.4 Å². The SMILES string of the molecule is CC(C)n1cc([C@@H](Nc2cc(Cl)c3ncc(C#N)c(Nc4ccc(F)c(Cl)c4)c3c2)C2=CCOCC2)nn1. The molecule has 0 bridgehead atoms. The fraction of sp³-hybridized carbons (Fsp3) is 0.259. The van der Waals surface area contributed by atoms with Gasteiger partial charge in [-0.25, -0.2) is 9.07 Å². The minimum Gasteiger partial charge on any atom is -0.377 e. The molecule has 2 aromatic heterocycles. The Morgan fingerprint density at radius 1 is 1.16 bits per heavy atom. The van der Waals surface area contributed by atoms with Gasteiger partial charge in [-0.3, -0.25) is 4.98 Å². The number of nitrogens with zero attached hydrogens (tertiary/aromatic N) is 5. The van der Waals surface area contributed by atoms with E-state index in [0.29, 0.717) is 51.8 Å². The summed E-state index contributed by atoms with van der Waals surface area (Å²) in [5.74, 6) is -0.533. The number of halogens is 3. The van der Waals surface area contributed by atoms with Crippen LogP contribution < -0.4 is 10.6 Å². The Hall–Kier alpha value is -3.71. The standard InChI is InChI=1S/C27H24Cl2FN7O/c1-15(2)37-14-24(35-36-37)26(16-5-7-38-8-6-16)34-19-9-20-25(33-18-3-4-23(30)21(28)10-18)17(12-31)13-32-27(20)22(29)11-19/h3-5,9-11,13-15,26,34H,6-8H2,1-2H3,(H,32,33)/t26-/m0/s1. The van der Waals surface area contributed by atoms with E-state index in [-0.39, 0.29) is 17.1 Å². The molecular formula is C27H24Cl2FN7O. The number of anilines is 3. The van der Waals surface area contributed by atoms with Crippen LogP contribution in [0.15, 0.2) is 54.4 Å². The molecule has 3 heterocycles. The van der Waals surface area contributed by atoms with Crippen molar-refractivity contribution in [2.45, 2.75) is 32.4 Å². The van der Waals surface area contributed by atoms with Crippen molar-refractivity contribution < 1.29 is 9.13 Å². The molecule has 1 aliphatic rings. The van der Waals surface area contributed by atoms with Crippen LogP contribution in [-0.2, 0) is 4.74 Å². The van der Waals surface area contributed by atoms with Gasteiger partial charge in [0.25, 0.3) is 0 Å². The molecular weight excluding hydrogens is 528 g/mol. The van der Waals surface area contributed by atoms with Crippen LogP contribution in [0.2, 0.25) is 10.0 Å². The number of fused-ring (bicyclic) bond motifs is 1. The van der Waals surface area contributed by atoms with E-state index >= 15 is 0 Å². The highest BCUT2D eigenvalue weighted by Crippen LogP contribution is 2.37.